The van der Waals surface area contributed by atoms with Gasteiger partial charge in [0.05, 0.1) is 37.1 Å². The van der Waals surface area contributed by atoms with Crippen LogP contribution in [0.1, 0.15) is 43.2 Å². The lowest BCUT2D eigenvalue weighted by atomic mass is 9.98. The Morgan fingerprint density at radius 2 is 1.59 bits per heavy atom. The molecule has 6 heteroatoms. The summed E-state index contributed by atoms with van der Waals surface area (Å²) in [6.07, 6.45) is 6.59. The molecular weight excluding hydrogens is 386 g/mol. The monoisotopic (exact) mass is 417 g/mol. The number of rotatable bonds is 7. The van der Waals surface area contributed by atoms with Crippen LogP contribution in [0, 0.1) is 6.92 Å². The lowest BCUT2D eigenvalue weighted by Gasteiger charge is -2.32. The Hall–Kier alpha value is -1.95. The summed E-state index contributed by atoms with van der Waals surface area (Å²) in [5.74, 6) is 0.290. The third kappa shape index (κ3) is 7.42. The minimum Gasteiger partial charge on any atom is -1.00 e. The number of quaternary nitrogens is 1. The van der Waals surface area contributed by atoms with E-state index in [-0.39, 0.29) is 18.2 Å². The van der Waals surface area contributed by atoms with Gasteiger partial charge in [-0.2, -0.15) is 10.2 Å². The first-order chi connectivity index (χ1) is 13.4. The molecule has 0 heterocycles. The summed E-state index contributed by atoms with van der Waals surface area (Å²) in [6, 6.07) is 13.3. The molecule has 0 spiro atoms. The maximum atomic E-state index is 10.3. The summed E-state index contributed by atoms with van der Waals surface area (Å²) >= 11 is 0. The Balaban J connectivity index is 0.00000300. The topological polar surface area (TPSA) is 54.2 Å². The van der Waals surface area contributed by atoms with Crippen molar-refractivity contribution in [3.8, 4) is 5.75 Å². The van der Waals surface area contributed by atoms with E-state index < -0.39 is 0 Å². The summed E-state index contributed by atoms with van der Waals surface area (Å²) in [4.78, 5) is 0. The molecule has 3 rings (SSSR count). The van der Waals surface area contributed by atoms with Gasteiger partial charge in [0.2, 0.25) is 0 Å². The largest absolute Gasteiger partial charge is 1.00 e. The first kappa shape index (κ1) is 23.3. The molecule has 1 aliphatic rings. The third-order valence-corrected chi connectivity index (χ3v) is 5.19. The Morgan fingerprint density at radius 3 is 2.28 bits per heavy atom. The van der Waals surface area contributed by atoms with Crippen molar-refractivity contribution in [1.82, 2.24) is 0 Å². The van der Waals surface area contributed by atoms with Crippen molar-refractivity contribution in [3.05, 3.63) is 53.6 Å². The van der Waals surface area contributed by atoms with E-state index >= 15 is 0 Å². The standard InChI is InChI=1S/C23H31N3O2.ClH/c1-18-9-11-20(12-10-18)24-25-21-13-14-23(27)19(15-21)16-26(2,3)17-28-22-7-5-4-6-8-22;/h9-15,22H,4-8,16-17H2,1-3H3;1H. The van der Waals surface area contributed by atoms with Crippen LogP contribution in [0.2, 0.25) is 0 Å². The van der Waals surface area contributed by atoms with Gasteiger partial charge < -0.3 is 26.7 Å². The van der Waals surface area contributed by atoms with Crippen LogP contribution in [0.3, 0.4) is 0 Å². The first-order valence-electron chi connectivity index (χ1n) is 10.2. The molecule has 0 bridgehead atoms. The van der Waals surface area contributed by atoms with Crippen LogP contribution in [0.4, 0.5) is 11.4 Å². The quantitative estimate of drug-likeness (QED) is 0.427. The Morgan fingerprint density at radius 1 is 0.966 bits per heavy atom. The molecule has 0 aliphatic heterocycles. The molecule has 1 aliphatic carbocycles. The number of azo groups is 1. The summed E-state index contributed by atoms with van der Waals surface area (Å²) in [6.45, 7) is 3.36. The fraction of sp³-hybridized carbons (Fsp3) is 0.478. The van der Waals surface area contributed by atoms with E-state index in [0.717, 1.165) is 16.9 Å². The fourth-order valence-electron chi connectivity index (χ4n) is 3.53. The van der Waals surface area contributed by atoms with Gasteiger partial charge in [-0.25, -0.2) is 0 Å². The molecule has 158 valence electrons. The molecule has 29 heavy (non-hydrogen) atoms. The summed E-state index contributed by atoms with van der Waals surface area (Å²) in [7, 11) is 4.26. The lowest BCUT2D eigenvalue weighted by Crippen LogP contribution is -3.00. The van der Waals surface area contributed by atoms with E-state index in [9.17, 15) is 5.11 Å². The summed E-state index contributed by atoms with van der Waals surface area (Å²) in [5, 5.41) is 18.9. The van der Waals surface area contributed by atoms with Crippen LogP contribution < -0.4 is 12.4 Å². The molecule has 0 aromatic heterocycles. The molecular formula is C23H32ClN3O2. The van der Waals surface area contributed by atoms with Crippen LogP contribution in [-0.4, -0.2) is 36.5 Å². The average molecular weight is 418 g/mol. The summed E-state index contributed by atoms with van der Waals surface area (Å²) in [5.41, 5.74) is 3.61. The number of phenols is 1. The number of halogens is 1. The number of nitrogens with zero attached hydrogens (tertiary/aromatic N) is 3. The van der Waals surface area contributed by atoms with E-state index in [4.69, 9.17) is 4.74 Å². The normalized spacial score (nSPS) is 15.4. The second-order valence-corrected chi connectivity index (χ2v) is 8.50. The Kier molecular flexibility index (Phi) is 8.62. The van der Waals surface area contributed by atoms with Crippen molar-refractivity contribution in [2.75, 3.05) is 20.8 Å². The van der Waals surface area contributed by atoms with E-state index in [1.807, 2.05) is 37.3 Å². The first-order valence-corrected chi connectivity index (χ1v) is 10.2. The number of phenolic OH excluding ortho intramolecular Hbond substituents is 1. The van der Waals surface area contributed by atoms with Crippen LogP contribution in [0.15, 0.2) is 52.7 Å². The van der Waals surface area contributed by atoms with Crippen molar-refractivity contribution < 1.29 is 26.7 Å². The number of hydrogen-bond donors (Lipinski definition) is 1. The lowest BCUT2D eigenvalue weighted by molar-refractivity contribution is -0.923. The zero-order chi connectivity index (χ0) is 20.0. The van der Waals surface area contributed by atoms with Crippen molar-refractivity contribution >= 4 is 11.4 Å². The number of benzene rings is 2. The third-order valence-electron chi connectivity index (χ3n) is 5.19. The van der Waals surface area contributed by atoms with Crippen LogP contribution in [0.5, 0.6) is 5.75 Å². The van der Waals surface area contributed by atoms with E-state index in [1.165, 1.54) is 37.7 Å². The highest BCUT2D eigenvalue weighted by atomic mass is 35.5. The maximum absolute atomic E-state index is 10.3. The molecule has 0 saturated heterocycles. The maximum Gasteiger partial charge on any atom is 0.183 e. The molecule has 2 aromatic rings. The minimum atomic E-state index is 0. The molecule has 1 fully saturated rings. The van der Waals surface area contributed by atoms with Gasteiger partial charge in [-0.1, -0.05) is 37.0 Å². The van der Waals surface area contributed by atoms with Crippen molar-refractivity contribution in [3.63, 3.8) is 0 Å². The predicted octanol–water partition coefficient (Wildman–Crippen LogP) is 3.00. The molecule has 1 saturated carbocycles. The molecule has 0 unspecified atom stereocenters. The minimum absolute atomic E-state index is 0. The molecule has 0 radical (unpaired) electrons. The van der Waals surface area contributed by atoms with Gasteiger partial charge in [0.25, 0.3) is 0 Å². The van der Waals surface area contributed by atoms with E-state index in [1.54, 1.807) is 12.1 Å². The van der Waals surface area contributed by atoms with Crippen LogP contribution in [0.25, 0.3) is 0 Å². The van der Waals surface area contributed by atoms with Crippen molar-refractivity contribution in [2.24, 2.45) is 10.2 Å². The van der Waals surface area contributed by atoms with E-state index in [2.05, 4.69) is 24.3 Å². The highest BCUT2D eigenvalue weighted by Crippen LogP contribution is 2.28. The smallest absolute Gasteiger partial charge is 0.183 e. The van der Waals surface area contributed by atoms with Gasteiger partial charge in [-0.05, 0) is 50.1 Å². The van der Waals surface area contributed by atoms with E-state index in [0.29, 0.717) is 23.9 Å². The fourth-order valence-corrected chi connectivity index (χ4v) is 3.53. The number of aromatic hydroxyl groups is 1. The van der Waals surface area contributed by atoms with Gasteiger partial charge in [0.1, 0.15) is 12.3 Å². The number of aryl methyl sites for hydroxylation is 1. The average Bonchev–Trinajstić information content (AvgIpc) is 2.69. The van der Waals surface area contributed by atoms with Crippen LogP contribution >= 0.6 is 0 Å². The molecule has 0 atom stereocenters. The predicted molar refractivity (Wildman–Crippen MR) is 112 cm³/mol. The highest BCUT2D eigenvalue weighted by Gasteiger charge is 2.22. The second-order valence-electron chi connectivity index (χ2n) is 8.50. The number of hydrogen-bond acceptors (Lipinski definition) is 4. The van der Waals surface area contributed by atoms with Crippen molar-refractivity contribution in [1.29, 1.82) is 0 Å². The zero-order valence-electron chi connectivity index (χ0n) is 17.6. The number of ether oxygens (including phenoxy) is 1. The zero-order valence-corrected chi connectivity index (χ0v) is 18.4. The van der Waals surface area contributed by atoms with Gasteiger partial charge in [-0.3, -0.25) is 0 Å². The van der Waals surface area contributed by atoms with Gasteiger partial charge in [-0.15, -0.1) is 0 Å². The summed E-state index contributed by atoms with van der Waals surface area (Å²) < 4.78 is 6.81. The Labute approximate surface area is 180 Å². The molecule has 1 N–H and O–H groups in total. The van der Waals surface area contributed by atoms with Crippen molar-refractivity contribution in [2.45, 2.75) is 51.7 Å². The molecule has 0 amide bonds. The molecule has 2 aromatic carbocycles. The second kappa shape index (κ2) is 10.7. The SMILES string of the molecule is Cc1ccc(N=Nc2ccc(O)c(C[N+](C)(C)COC3CCCCC3)c2)cc1.[Cl-]. The van der Waals surface area contributed by atoms with Crippen LogP contribution in [-0.2, 0) is 11.3 Å². The highest BCUT2D eigenvalue weighted by molar-refractivity contribution is 5.47. The molecule has 5 nitrogen and oxygen atoms in total. The van der Waals surface area contributed by atoms with Gasteiger partial charge in [0.15, 0.2) is 6.73 Å². The Bertz CT molecular complexity index is 800. The van der Waals surface area contributed by atoms with Gasteiger partial charge >= 0.3 is 0 Å². The van der Waals surface area contributed by atoms with Gasteiger partial charge in [0, 0.05) is 0 Å².